The molecule has 0 saturated heterocycles. The molecular weight excluding hydrogens is 689 g/mol. The van der Waals surface area contributed by atoms with Gasteiger partial charge in [0.15, 0.2) is 11.2 Å². The van der Waals surface area contributed by atoms with Gasteiger partial charge in [-0.25, -0.2) is 0 Å². The maximum absolute atomic E-state index is 6.82. The van der Waals surface area contributed by atoms with Crippen LogP contribution in [0.5, 0.6) is 0 Å². The second kappa shape index (κ2) is 11.8. The first-order valence-corrected chi connectivity index (χ1v) is 19.5. The summed E-state index contributed by atoms with van der Waals surface area (Å²) in [6.07, 6.45) is 0. The standard InChI is InChI=1S/C52H30O2S/c1-3-13-31(14-4-1)49-42-27-26-41-43-29-33(24-28-44(43)53-51(41)52(42)54-50(49)32-15-5-2-6-16-32)47-37-18-7-9-20-39(37)48(40-21-10-8-19-38(40)47)34-23-25-36-35-17-11-12-22-45(35)55-46(36)30-34/h1-30H. The molecule has 0 bridgehead atoms. The van der Waals surface area contributed by atoms with Gasteiger partial charge in [0.2, 0.25) is 0 Å². The van der Waals surface area contributed by atoms with Crippen LogP contribution in [0.1, 0.15) is 0 Å². The average molecular weight is 719 g/mol. The zero-order valence-corrected chi connectivity index (χ0v) is 30.4. The second-order valence-corrected chi connectivity index (χ2v) is 15.4. The highest BCUT2D eigenvalue weighted by Gasteiger charge is 2.23. The van der Waals surface area contributed by atoms with E-state index in [2.05, 4.69) is 170 Å². The molecule has 0 N–H and O–H groups in total. The van der Waals surface area contributed by atoms with Gasteiger partial charge in [0.25, 0.3) is 0 Å². The molecule has 0 unspecified atom stereocenters. The topological polar surface area (TPSA) is 26.3 Å². The quantitative estimate of drug-likeness (QED) is 0.169. The van der Waals surface area contributed by atoms with Crippen LogP contribution in [0.4, 0.5) is 0 Å². The number of hydrogen-bond acceptors (Lipinski definition) is 3. The van der Waals surface area contributed by atoms with Gasteiger partial charge in [-0.3, -0.25) is 0 Å². The summed E-state index contributed by atoms with van der Waals surface area (Å²) in [6, 6.07) is 65.4. The minimum absolute atomic E-state index is 0.767. The highest BCUT2D eigenvalue weighted by molar-refractivity contribution is 7.25. The Morgan fingerprint density at radius 2 is 0.800 bits per heavy atom. The molecule has 3 heterocycles. The van der Waals surface area contributed by atoms with Gasteiger partial charge in [0.1, 0.15) is 11.3 Å². The molecule has 0 saturated carbocycles. The van der Waals surface area contributed by atoms with E-state index < -0.39 is 0 Å². The molecule has 0 spiro atoms. The van der Waals surface area contributed by atoms with Crippen molar-refractivity contribution >= 4 is 86.0 Å². The lowest BCUT2D eigenvalue weighted by Gasteiger charge is -2.18. The van der Waals surface area contributed by atoms with Gasteiger partial charge in [-0.15, -0.1) is 11.3 Å². The fraction of sp³-hybridized carbons (Fsp3) is 0. The molecule has 256 valence electrons. The lowest BCUT2D eigenvalue weighted by molar-refractivity contribution is 0.612. The summed E-state index contributed by atoms with van der Waals surface area (Å²) in [5, 5.41) is 10.7. The maximum atomic E-state index is 6.82. The van der Waals surface area contributed by atoms with Crippen LogP contribution < -0.4 is 0 Å². The Kier molecular flexibility index (Phi) is 6.54. The molecule has 9 aromatic carbocycles. The molecular formula is C52H30O2S. The average Bonchev–Trinajstić information content (AvgIpc) is 3.94. The highest BCUT2D eigenvalue weighted by Crippen LogP contribution is 2.48. The van der Waals surface area contributed by atoms with Gasteiger partial charge in [0, 0.05) is 47.5 Å². The summed E-state index contributed by atoms with van der Waals surface area (Å²) >= 11 is 1.87. The van der Waals surface area contributed by atoms with E-state index in [0.29, 0.717) is 0 Å². The number of fused-ring (bicyclic) bond motifs is 10. The minimum Gasteiger partial charge on any atom is -0.452 e. The van der Waals surface area contributed by atoms with E-state index in [1.165, 1.54) is 58.4 Å². The van der Waals surface area contributed by atoms with Crippen LogP contribution in [-0.4, -0.2) is 0 Å². The molecule has 3 aromatic heterocycles. The molecule has 0 amide bonds. The third-order valence-electron chi connectivity index (χ3n) is 11.3. The van der Waals surface area contributed by atoms with Crippen molar-refractivity contribution < 1.29 is 8.83 Å². The van der Waals surface area contributed by atoms with Gasteiger partial charge < -0.3 is 8.83 Å². The SMILES string of the molecule is c1ccc(-c2oc3c(ccc4c5cc(-c6c7ccccc7c(-c7ccc8c(c7)sc7ccccc78)c7ccccc67)ccc5oc43)c2-c2ccccc2)cc1. The van der Waals surface area contributed by atoms with Crippen molar-refractivity contribution in [2.75, 3.05) is 0 Å². The number of hydrogen-bond donors (Lipinski definition) is 0. The van der Waals surface area contributed by atoms with Crippen molar-refractivity contribution in [3.63, 3.8) is 0 Å². The lowest BCUT2D eigenvalue weighted by atomic mass is 9.85. The van der Waals surface area contributed by atoms with E-state index in [4.69, 9.17) is 8.83 Å². The van der Waals surface area contributed by atoms with Crippen molar-refractivity contribution in [1.29, 1.82) is 0 Å². The van der Waals surface area contributed by atoms with E-state index in [-0.39, 0.29) is 0 Å². The lowest BCUT2D eigenvalue weighted by Crippen LogP contribution is -1.90. The first-order valence-electron chi connectivity index (χ1n) is 18.7. The molecule has 55 heavy (non-hydrogen) atoms. The highest BCUT2D eigenvalue weighted by atomic mass is 32.1. The molecule has 0 atom stereocenters. The third-order valence-corrected chi connectivity index (χ3v) is 12.4. The molecule has 2 nitrogen and oxygen atoms in total. The van der Waals surface area contributed by atoms with Crippen molar-refractivity contribution in [3.8, 4) is 44.7 Å². The Hall–Kier alpha value is -6.94. The van der Waals surface area contributed by atoms with Crippen LogP contribution in [0, 0.1) is 0 Å². The Labute approximate surface area is 320 Å². The monoisotopic (exact) mass is 718 g/mol. The van der Waals surface area contributed by atoms with E-state index in [1.54, 1.807) is 0 Å². The van der Waals surface area contributed by atoms with E-state index in [1.807, 2.05) is 23.5 Å². The Morgan fingerprint density at radius 1 is 0.291 bits per heavy atom. The molecule has 0 fully saturated rings. The number of rotatable bonds is 4. The van der Waals surface area contributed by atoms with E-state index >= 15 is 0 Å². The summed E-state index contributed by atoms with van der Waals surface area (Å²) in [5.41, 5.74) is 10.5. The number of benzene rings is 9. The van der Waals surface area contributed by atoms with Crippen LogP contribution in [0.2, 0.25) is 0 Å². The molecule has 0 radical (unpaired) electrons. The zero-order chi connectivity index (χ0) is 36.0. The molecule has 0 aliphatic carbocycles. The molecule has 0 aliphatic rings. The van der Waals surface area contributed by atoms with Crippen LogP contribution in [0.25, 0.3) is 119 Å². The van der Waals surface area contributed by atoms with Crippen LogP contribution in [-0.2, 0) is 0 Å². The zero-order valence-electron chi connectivity index (χ0n) is 29.5. The fourth-order valence-electron chi connectivity index (χ4n) is 8.86. The molecule has 3 heteroatoms. The number of thiophene rings is 1. The molecule has 0 aliphatic heterocycles. The van der Waals surface area contributed by atoms with Crippen LogP contribution in [0.3, 0.4) is 0 Å². The molecule has 12 aromatic rings. The smallest absolute Gasteiger partial charge is 0.178 e. The van der Waals surface area contributed by atoms with Crippen molar-refractivity contribution in [3.05, 3.63) is 182 Å². The van der Waals surface area contributed by atoms with Crippen molar-refractivity contribution in [2.45, 2.75) is 0 Å². The Morgan fingerprint density at radius 3 is 1.49 bits per heavy atom. The van der Waals surface area contributed by atoms with Gasteiger partial charge in [-0.2, -0.15) is 0 Å². The first-order chi connectivity index (χ1) is 27.3. The van der Waals surface area contributed by atoms with Crippen LogP contribution >= 0.6 is 11.3 Å². The predicted octanol–water partition coefficient (Wildman–Crippen LogP) is 15.7. The van der Waals surface area contributed by atoms with Gasteiger partial charge >= 0.3 is 0 Å². The van der Waals surface area contributed by atoms with Gasteiger partial charge in [-0.1, -0.05) is 146 Å². The first kappa shape index (κ1) is 30.5. The van der Waals surface area contributed by atoms with Crippen molar-refractivity contribution in [1.82, 2.24) is 0 Å². The summed E-state index contributed by atoms with van der Waals surface area (Å²) in [7, 11) is 0. The second-order valence-electron chi connectivity index (χ2n) is 14.3. The van der Waals surface area contributed by atoms with E-state index in [0.717, 1.165) is 60.9 Å². The summed E-state index contributed by atoms with van der Waals surface area (Å²) in [5.74, 6) is 0.847. The third kappa shape index (κ3) is 4.54. The normalized spacial score (nSPS) is 12.0. The predicted molar refractivity (Wildman–Crippen MR) is 233 cm³/mol. The summed E-state index contributed by atoms with van der Waals surface area (Å²) < 4.78 is 16.2. The summed E-state index contributed by atoms with van der Waals surface area (Å²) in [4.78, 5) is 0. The minimum atomic E-state index is 0.767. The van der Waals surface area contributed by atoms with E-state index in [9.17, 15) is 0 Å². The van der Waals surface area contributed by atoms with Crippen LogP contribution in [0.15, 0.2) is 191 Å². The number of furan rings is 2. The Balaban J connectivity index is 1.08. The molecule has 12 rings (SSSR count). The van der Waals surface area contributed by atoms with Crippen molar-refractivity contribution in [2.24, 2.45) is 0 Å². The maximum Gasteiger partial charge on any atom is 0.178 e. The Bertz CT molecular complexity index is 3420. The van der Waals surface area contributed by atoms with Gasteiger partial charge in [-0.05, 0) is 85.8 Å². The summed E-state index contributed by atoms with van der Waals surface area (Å²) in [6.45, 7) is 0. The largest absolute Gasteiger partial charge is 0.452 e. The van der Waals surface area contributed by atoms with Gasteiger partial charge in [0.05, 0.1) is 0 Å². The fourth-order valence-corrected chi connectivity index (χ4v) is 10.0.